The molecule has 0 bridgehead atoms. The summed E-state index contributed by atoms with van der Waals surface area (Å²) in [5, 5.41) is 11.8. The van der Waals surface area contributed by atoms with Crippen LogP contribution in [-0.4, -0.2) is 16.1 Å². The zero-order valence-corrected chi connectivity index (χ0v) is 31.4. The Morgan fingerprint density at radius 1 is 0.288 bits per heavy atom. The lowest BCUT2D eigenvalue weighted by Gasteiger charge is -2.50. The molecule has 2 heterocycles. The van der Waals surface area contributed by atoms with E-state index < -0.39 is 16.1 Å². The molecule has 0 saturated carbocycles. The molecule has 1 nitrogen and oxygen atoms in total. The van der Waals surface area contributed by atoms with E-state index >= 15 is 0 Å². The van der Waals surface area contributed by atoms with Gasteiger partial charge in [-0.2, -0.15) is 0 Å². The maximum absolute atomic E-state index is 2.90. The van der Waals surface area contributed by atoms with E-state index in [0.29, 0.717) is 0 Å². The fourth-order valence-corrected chi connectivity index (χ4v) is 23.4. The van der Waals surface area contributed by atoms with E-state index in [2.05, 4.69) is 217 Å². The van der Waals surface area contributed by atoms with Gasteiger partial charge in [-0.25, -0.2) is 0 Å². The zero-order valence-electron chi connectivity index (χ0n) is 28.6. The van der Waals surface area contributed by atoms with Crippen LogP contribution in [0, 0.1) is 0 Å². The molecule has 52 heavy (non-hydrogen) atoms. The van der Waals surface area contributed by atoms with Crippen LogP contribution in [-0.2, 0) is 0 Å². The summed E-state index contributed by atoms with van der Waals surface area (Å²) in [6.45, 7) is 0. The third kappa shape index (κ3) is 4.48. The molecule has 0 radical (unpaired) electrons. The third-order valence-corrected chi connectivity index (χ3v) is 22.9. The van der Waals surface area contributed by atoms with Crippen LogP contribution in [0.15, 0.2) is 222 Å². The average molecular weight is 714 g/mol. The Bertz CT molecular complexity index is 2430. The van der Waals surface area contributed by atoms with Gasteiger partial charge in [-0.3, -0.25) is 0 Å². The van der Waals surface area contributed by atoms with Crippen LogP contribution >= 0.6 is 11.8 Å². The third-order valence-electron chi connectivity index (χ3n) is 11.0. The minimum atomic E-state index is -2.90. The molecule has 8 aromatic carbocycles. The average Bonchev–Trinajstić information content (AvgIpc) is 3.22. The minimum Gasteiger partial charge on any atom is -0.311 e. The molecular formula is C48H35NSSi2. The van der Waals surface area contributed by atoms with Gasteiger partial charge >= 0.3 is 0 Å². The fraction of sp³-hybridized carbons (Fsp3) is 0. The smallest absolute Gasteiger partial charge is 0.181 e. The van der Waals surface area contributed by atoms with Crippen molar-refractivity contribution < 1.29 is 0 Å². The lowest BCUT2D eigenvalue weighted by atomic mass is 10.2. The SMILES string of the molecule is c1ccc(N(c2ccccc2)c2ccc3c(c2)[Si]2(c4ccccc4Sc4ccccc42)c2ccccc2[Si]3(c2ccccc2)c2ccccc2)cc1. The topological polar surface area (TPSA) is 3.24 Å². The molecule has 0 amide bonds. The summed E-state index contributed by atoms with van der Waals surface area (Å²) in [6.07, 6.45) is 0. The van der Waals surface area contributed by atoms with Crippen LogP contribution in [0.3, 0.4) is 0 Å². The maximum Gasteiger partial charge on any atom is 0.181 e. The highest BCUT2D eigenvalue weighted by molar-refractivity contribution is 8.00. The predicted molar refractivity (Wildman–Crippen MR) is 226 cm³/mol. The molecule has 0 unspecified atom stereocenters. The van der Waals surface area contributed by atoms with Gasteiger partial charge in [-0.1, -0.05) is 176 Å². The predicted octanol–water partition coefficient (Wildman–Crippen LogP) is 6.69. The Kier molecular flexibility index (Phi) is 7.50. The summed E-state index contributed by atoms with van der Waals surface area (Å²) in [4.78, 5) is 5.18. The maximum atomic E-state index is 2.61. The minimum absolute atomic E-state index is 1.15. The van der Waals surface area contributed by atoms with E-state index in [0.717, 1.165) is 11.4 Å². The number of benzene rings is 8. The molecule has 8 aromatic rings. The molecule has 0 aromatic heterocycles. The second-order valence-corrected chi connectivity index (χ2v) is 22.1. The number of nitrogens with zero attached hydrogens (tertiary/aromatic N) is 1. The highest BCUT2D eigenvalue weighted by Gasteiger charge is 2.58. The van der Waals surface area contributed by atoms with Crippen LogP contribution in [0.5, 0.6) is 0 Å². The first-order valence-electron chi connectivity index (χ1n) is 17.9. The summed E-state index contributed by atoms with van der Waals surface area (Å²) in [6, 6.07) is 80.2. The molecule has 0 N–H and O–H groups in total. The van der Waals surface area contributed by atoms with Crippen LogP contribution in [0.4, 0.5) is 17.1 Å². The first kappa shape index (κ1) is 31.1. The van der Waals surface area contributed by atoms with E-state index in [-0.39, 0.29) is 0 Å². The molecule has 2 aliphatic heterocycles. The molecule has 246 valence electrons. The van der Waals surface area contributed by atoms with Gasteiger partial charge in [0, 0.05) is 26.9 Å². The van der Waals surface area contributed by atoms with Crippen molar-refractivity contribution >= 4 is 86.5 Å². The molecule has 10 rings (SSSR count). The van der Waals surface area contributed by atoms with E-state index in [1.54, 1.807) is 0 Å². The number of hydrogen-bond acceptors (Lipinski definition) is 2. The number of para-hydroxylation sites is 2. The Morgan fingerprint density at radius 2 is 0.673 bits per heavy atom. The van der Waals surface area contributed by atoms with Gasteiger partial charge in [-0.05, 0) is 90.0 Å². The van der Waals surface area contributed by atoms with Gasteiger partial charge in [-0.15, -0.1) is 0 Å². The summed E-state index contributed by atoms with van der Waals surface area (Å²) < 4.78 is 0. The van der Waals surface area contributed by atoms with Crippen molar-refractivity contribution in [1.29, 1.82) is 0 Å². The van der Waals surface area contributed by atoms with Crippen LogP contribution < -0.4 is 46.4 Å². The van der Waals surface area contributed by atoms with Crippen LogP contribution in [0.1, 0.15) is 0 Å². The van der Waals surface area contributed by atoms with Gasteiger partial charge in [0.2, 0.25) is 0 Å². The molecule has 0 aliphatic carbocycles. The van der Waals surface area contributed by atoms with Crippen molar-refractivity contribution in [2.75, 3.05) is 4.90 Å². The molecule has 0 saturated heterocycles. The van der Waals surface area contributed by atoms with Crippen molar-refractivity contribution in [3.8, 4) is 0 Å². The van der Waals surface area contributed by atoms with Gasteiger partial charge < -0.3 is 4.90 Å². The summed E-state index contributed by atoms with van der Waals surface area (Å²) in [5.74, 6) is 0. The molecule has 0 atom stereocenters. The Hall–Kier alpha value is -5.66. The number of fused-ring (bicyclic) bond motifs is 8. The lowest BCUT2D eigenvalue weighted by molar-refractivity contribution is 1.29. The highest BCUT2D eigenvalue weighted by Crippen LogP contribution is 2.37. The van der Waals surface area contributed by atoms with Crippen molar-refractivity contribution in [2.45, 2.75) is 9.79 Å². The van der Waals surface area contributed by atoms with E-state index in [1.165, 1.54) is 57.0 Å². The quantitative estimate of drug-likeness (QED) is 0.183. The summed E-state index contributed by atoms with van der Waals surface area (Å²) >= 11 is 1.93. The number of rotatable bonds is 5. The van der Waals surface area contributed by atoms with Crippen LogP contribution in [0.2, 0.25) is 0 Å². The van der Waals surface area contributed by atoms with Gasteiger partial charge in [0.05, 0.1) is 0 Å². The van der Waals surface area contributed by atoms with Gasteiger partial charge in [0.15, 0.2) is 16.1 Å². The van der Waals surface area contributed by atoms with E-state index in [9.17, 15) is 0 Å². The molecule has 0 fully saturated rings. The fourth-order valence-electron chi connectivity index (χ4n) is 9.08. The molecule has 1 spiro atoms. The number of hydrogen-bond donors (Lipinski definition) is 0. The van der Waals surface area contributed by atoms with Gasteiger partial charge in [0.25, 0.3) is 0 Å². The Labute approximate surface area is 311 Å². The number of anilines is 3. The monoisotopic (exact) mass is 713 g/mol. The second-order valence-electron chi connectivity index (χ2n) is 13.6. The Morgan fingerprint density at radius 3 is 1.17 bits per heavy atom. The second kappa shape index (κ2) is 12.5. The normalized spacial score (nSPS) is 14.4. The standard InChI is InChI=1S/C48H35NSSi2/c1-5-19-36(20-6-1)49(37-21-7-2-8-22-37)38-33-34-47-48(35-38)52(43-29-15-13-27-41(43)50-42-28-14-16-30-44(42)52)46-32-18-17-31-45(46)51(47,39-23-9-3-10-24-39)40-25-11-4-12-26-40/h1-35H. The van der Waals surface area contributed by atoms with E-state index in [1.807, 2.05) is 11.8 Å². The molecule has 2 aliphatic rings. The van der Waals surface area contributed by atoms with Crippen molar-refractivity contribution in [1.82, 2.24) is 0 Å². The lowest BCUT2D eigenvalue weighted by Crippen LogP contribution is -2.93. The molecular weight excluding hydrogens is 679 g/mol. The largest absolute Gasteiger partial charge is 0.311 e. The van der Waals surface area contributed by atoms with Crippen LogP contribution in [0.25, 0.3) is 0 Å². The first-order valence-corrected chi connectivity index (χ1v) is 22.8. The van der Waals surface area contributed by atoms with Gasteiger partial charge in [0.1, 0.15) is 0 Å². The van der Waals surface area contributed by atoms with Crippen molar-refractivity contribution in [3.05, 3.63) is 212 Å². The first-order chi connectivity index (χ1) is 25.8. The van der Waals surface area contributed by atoms with E-state index in [4.69, 9.17) is 0 Å². The zero-order chi connectivity index (χ0) is 34.5. The van der Waals surface area contributed by atoms with Crippen molar-refractivity contribution in [3.63, 3.8) is 0 Å². The highest BCUT2D eigenvalue weighted by atomic mass is 32.2. The Balaban J connectivity index is 1.41. The summed E-state index contributed by atoms with van der Waals surface area (Å²) in [7, 11) is -5.73. The summed E-state index contributed by atoms with van der Waals surface area (Å²) in [5.41, 5.74) is 3.48. The van der Waals surface area contributed by atoms with Crippen molar-refractivity contribution in [2.24, 2.45) is 0 Å². The molecule has 4 heteroatoms.